The molecule has 0 unspecified atom stereocenters. The molecular weight excluding hydrogens is 546 g/mol. The Labute approximate surface area is 262 Å². The Morgan fingerprint density at radius 3 is 2.32 bits per heavy atom. The summed E-state index contributed by atoms with van der Waals surface area (Å²) in [6.45, 7) is 5.33. The molecule has 3 heterocycles. The number of aryl methyl sites for hydroxylation is 1. The molecule has 3 aliphatic heterocycles. The van der Waals surface area contributed by atoms with Crippen LogP contribution in [0, 0.1) is 0 Å². The van der Waals surface area contributed by atoms with E-state index < -0.39 is 0 Å². The van der Waals surface area contributed by atoms with Crippen molar-refractivity contribution in [2.45, 2.75) is 63.8 Å². The van der Waals surface area contributed by atoms with Crippen LogP contribution in [-0.4, -0.2) is 67.7 Å². The average Bonchev–Trinajstić information content (AvgIpc) is 3.21. The highest BCUT2D eigenvalue weighted by Gasteiger charge is 2.26. The number of likely N-dealkylation sites (tertiary alicyclic amines) is 1. The number of rotatable bonds is 10. The van der Waals surface area contributed by atoms with Crippen molar-refractivity contribution in [3.05, 3.63) is 90.0 Å². The van der Waals surface area contributed by atoms with Gasteiger partial charge in [0.15, 0.2) is 0 Å². The molecule has 6 rings (SSSR count). The second-order valence-electron chi connectivity index (χ2n) is 12.3. The van der Waals surface area contributed by atoms with Crippen LogP contribution in [0.15, 0.2) is 83.9 Å². The number of nitrogens with one attached hydrogen (secondary N) is 1. The monoisotopic (exact) mass is 591 g/mol. The molecule has 2 fully saturated rings. The van der Waals surface area contributed by atoms with Gasteiger partial charge in [-0.05, 0) is 93.9 Å². The molecule has 0 spiro atoms. The predicted molar refractivity (Wildman–Crippen MR) is 180 cm³/mol. The molecule has 3 aromatic carbocycles. The molecule has 2 amide bonds. The van der Waals surface area contributed by atoms with Crippen molar-refractivity contribution in [2.24, 2.45) is 4.99 Å². The van der Waals surface area contributed by atoms with Crippen molar-refractivity contribution in [3.8, 4) is 0 Å². The molecule has 0 saturated carbocycles. The SMILES string of the molecule is O=C(CCCN1C(=O)CN=C(CCc2ccccc2)c2ccccc21)Nc1ccc(N2CCC(N3CCCCC3)CC2)cc1. The van der Waals surface area contributed by atoms with Gasteiger partial charge in [0.05, 0.1) is 5.69 Å². The summed E-state index contributed by atoms with van der Waals surface area (Å²) in [6, 6.07) is 27.4. The number of hydrogen-bond acceptors (Lipinski definition) is 5. The summed E-state index contributed by atoms with van der Waals surface area (Å²) in [5.74, 6) is -0.0569. The summed E-state index contributed by atoms with van der Waals surface area (Å²) in [5.41, 5.74) is 6.16. The van der Waals surface area contributed by atoms with Crippen LogP contribution < -0.4 is 15.1 Å². The van der Waals surface area contributed by atoms with Crippen molar-refractivity contribution < 1.29 is 9.59 Å². The van der Waals surface area contributed by atoms with Gasteiger partial charge in [-0.25, -0.2) is 0 Å². The van der Waals surface area contributed by atoms with E-state index in [1.807, 2.05) is 41.3 Å². The first kappa shape index (κ1) is 30.1. The minimum absolute atomic E-state index is 0.0249. The molecule has 3 aliphatic rings. The van der Waals surface area contributed by atoms with Crippen LogP contribution in [0.2, 0.25) is 0 Å². The van der Waals surface area contributed by atoms with E-state index in [1.54, 1.807) is 0 Å². The zero-order chi connectivity index (χ0) is 30.1. The maximum Gasteiger partial charge on any atom is 0.248 e. The van der Waals surface area contributed by atoms with Crippen molar-refractivity contribution in [2.75, 3.05) is 54.4 Å². The number of piperidine rings is 2. The second kappa shape index (κ2) is 14.7. The zero-order valence-corrected chi connectivity index (χ0v) is 25.8. The highest BCUT2D eigenvalue weighted by molar-refractivity contribution is 6.11. The predicted octanol–water partition coefficient (Wildman–Crippen LogP) is 6.33. The number of para-hydroxylation sites is 1. The topological polar surface area (TPSA) is 68.2 Å². The second-order valence-corrected chi connectivity index (χ2v) is 12.3. The number of carbonyl (C=O) groups is 2. The van der Waals surface area contributed by atoms with Crippen LogP contribution in [-0.2, 0) is 16.0 Å². The van der Waals surface area contributed by atoms with Gasteiger partial charge in [-0.2, -0.15) is 0 Å². The molecule has 0 bridgehead atoms. The maximum atomic E-state index is 13.1. The molecule has 2 saturated heterocycles. The molecule has 44 heavy (non-hydrogen) atoms. The highest BCUT2D eigenvalue weighted by Crippen LogP contribution is 2.28. The number of aliphatic imine (C=N–C) groups is 1. The van der Waals surface area contributed by atoms with Crippen molar-refractivity contribution >= 4 is 34.6 Å². The number of anilines is 3. The summed E-state index contributed by atoms with van der Waals surface area (Å²) in [4.78, 5) is 37.7. The van der Waals surface area contributed by atoms with E-state index in [-0.39, 0.29) is 18.4 Å². The summed E-state index contributed by atoms with van der Waals surface area (Å²) in [5, 5.41) is 3.05. The number of carbonyl (C=O) groups excluding carboxylic acids is 2. The van der Waals surface area contributed by atoms with Crippen LogP contribution in [0.3, 0.4) is 0 Å². The molecule has 7 nitrogen and oxygen atoms in total. The van der Waals surface area contributed by atoms with Crippen LogP contribution in [0.25, 0.3) is 0 Å². The van der Waals surface area contributed by atoms with Crippen molar-refractivity contribution in [1.29, 1.82) is 0 Å². The van der Waals surface area contributed by atoms with Gasteiger partial charge in [-0.15, -0.1) is 0 Å². The minimum Gasteiger partial charge on any atom is -0.371 e. The smallest absolute Gasteiger partial charge is 0.248 e. The van der Waals surface area contributed by atoms with Crippen LogP contribution >= 0.6 is 0 Å². The molecule has 0 aliphatic carbocycles. The maximum absolute atomic E-state index is 13.1. The lowest BCUT2D eigenvalue weighted by molar-refractivity contribution is -0.118. The highest BCUT2D eigenvalue weighted by atomic mass is 16.2. The third-order valence-electron chi connectivity index (χ3n) is 9.38. The Hall–Kier alpha value is -3.97. The summed E-state index contributed by atoms with van der Waals surface area (Å²) >= 11 is 0. The van der Waals surface area contributed by atoms with Gasteiger partial charge in [-0.3, -0.25) is 14.6 Å². The van der Waals surface area contributed by atoms with E-state index in [2.05, 4.69) is 57.6 Å². The van der Waals surface area contributed by atoms with Gasteiger partial charge in [0.2, 0.25) is 11.8 Å². The normalized spacial score (nSPS) is 18.0. The Morgan fingerprint density at radius 2 is 1.55 bits per heavy atom. The van der Waals surface area contributed by atoms with E-state index >= 15 is 0 Å². The summed E-state index contributed by atoms with van der Waals surface area (Å²) in [6.07, 6.45) is 9.12. The van der Waals surface area contributed by atoms with Crippen molar-refractivity contribution in [3.63, 3.8) is 0 Å². The lowest BCUT2D eigenvalue weighted by Crippen LogP contribution is -2.46. The summed E-state index contributed by atoms with van der Waals surface area (Å²) < 4.78 is 0. The number of fused-ring (bicyclic) bond motifs is 1. The first-order valence-electron chi connectivity index (χ1n) is 16.5. The van der Waals surface area contributed by atoms with Crippen LogP contribution in [0.4, 0.5) is 17.1 Å². The Morgan fingerprint density at radius 1 is 0.818 bits per heavy atom. The number of amides is 2. The Bertz CT molecular complexity index is 1420. The fourth-order valence-electron chi connectivity index (χ4n) is 6.94. The molecule has 1 N–H and O–H groups in total. The number of benzodiazepines with no additional fused rings is 1. The first-order chi connectivity index (χ1) is 21.6. The van der Waals surface area contributed by atoms with Crippen LogP contribution in [0.5, 0.6) is 0 Å². The summed E-state index contributed by atoms with van der Waals surface area (Å²) in [7, 11) is 0. The molecule has 0 aromatic heterocycles. The lowest BCUT2D eigenvalue weighted by Gasteiger charge is -2.41. The largest absolute Gasteiger partial charge is 0.371 e. The fraction of sp³-hybridized carbons (Fsp3) is 0.432. The number of nitrogens with zero attached hydrogens (tertiary/aromatic N) is 4. The molecule has 3 aromatic rings. The molecular formula is C37H45N5O2. The van der Waals surface area contributed by atoms with Gasteiger partial charge in [0, 0.05) is 54.7 Å². The van der Waals surface area contributed by atoms with E-state index in [4.69, 9.17) is 4.99 Å². The number of benzene rings is 3. The first-order valence-corrected chi connectivity index (χ1v) is 16.5. The van der Waals surface area contributed by atoms with Gasteiger partial charge in [0.25, 0.3) is 0 Å². The molecule has 7 heteroatoms. The van der Waals surface area contributed by atoms with Gasteiger partial charge >= 0.3 is 0 Å². The molecule has 230 valence electrons. The molecule has 0 radical (unpaired) electrons. The minimum atomic E-state index is -0.0320. The third kappa shape index (κ3) is 7.56. The zero-order valence-electron chi connectivity index (χ0n) is 25.8. The quantitative estimate of drug-likeness (QED) is 0.299. The standard InChI is InChI=1S/C37H45N5O2/c43-36(39-30-16-18-31(19-17-30)41-26-21-32(22-27-41)40-23-7-2-8-24-40)14-9-25-42-35-13-6-5-12-33(35)34(38-28-37(42)44)20-15-29-10-3-1-4-11-29/h1,3-6,10-13,16-19,32H,2,7-9,14-15,20-28H2,(H,39,43). The van der Waals surface area contributed by atoms with Gasteiger partial charge < -0.3 is 20.0 Å². The van der Waals surface area contributed by atoms with E-state index in [9.17, 15) is 9.59 Å². The van der Waals surface area contributed by atoms with Gasteiger partial charge in [-0.1, -0.05) is 55.0 Å². The fourth-order valence-corrected chi connectivity index (χ4v) is 6.94. The Balaban J connectivity index is 0.980. The van der Waals surface area contributed by atoms with Crippen molar-refractivity contribution in [1.82, 2.24) is 4.90 Å². The lowest BCUT2D eigenvalue weighted by atomic mass is 9.99. The third-order valence-corrected chi connectivity index (χ3v) is 9.38. The Kier molecular flexibility index (Phi) is 10.0. The van der Waals surface area contributed by atoms with E-state index in [1.165, 1.54) is 56.4 Å². The van der Waals surface area contributed by atoms with E-state index in [0.717, 1.165) is 54.6 Å². The van der Waals surface area contributed by atoms with Crippen LogP contribution in [0.1, 0.15) is 62.5 Å². The average molecular weight is 592 g/mol. The number of hydrogen-bond donors (Lipinski definition) is 1. The molecule has 0 atom stereocenters. The van der Waals surface area contributed by atoms with E-state index in [0.29, 0.717) is 19.4 Å². The van der Waals surface area contributed by atoms with Gasteiger partial charge in [0.1, 0.15) is 6.54 Å².